The van der Waals surface area contributed by atoms with Crippen LogP contribution in [0.2, 0.25) is 0 Å². The molecule has 2 heterocycles. The second-order valence-corrected chi connectivity index (χ2v) is 6.02. The van der Waals surface area contributed by atoms with Gasteiger partial charge >= 0.3 is 0 Å². The molecule has 2 N–H and O–H groups in total. The molecule has 5 nitrogen and oxygen atoms in total. The lowest BCUT2D eigenvalue weighted by atomic mass is 9.77. The molecule has 1 aromatic heterocycles. The minimum atomic E-state index is 0.283. The van der Waals surface area contributed by atoms with Gasteiger partial charge in [0.2, 0.25) is 0 Å². The van der Waals surface area contributed by atoms with E-state index < -0.39 is 0 Å². The van der Waals surface area contributed by atoms with Crippen LogP contribution in [0, 0.1) is 23.7 Å². The van der Waals surface area contributed by atoms with Crippen molar-refractivity contribution < 1.29 is 0 Å². The summed E-state index contributed by atoms with van der Waals surface area (Å²) in [4.78, 5) is 0. The Morgan fingerprint density at radius 3 is 2.95 bits per heavy atom. The first-order valence-electron chi connectivity index (χ1n) is 6.86. The Morgan fingerprint density at radius 2 is 2.32 bits per heavy atom. The van der Waals surface area contributed by atoms with Crippen LogP contribution in [0.25, 0.3) is 0 Å². The van der Waals surface area contributed by atoms with E-state index in [0.717, 1.165) is 24.6 Å². The van der Waals surface area contributed by atoms with Gasteiger partial charge in [-0.25, -0.2) is 0 Å². The first-order chi connectivity index (χ1) is 8.95. The van der Waals surface area contributed by atoms with Gasteiger partial charge in [-0.05, 0) is 31.7 Å². The maximum atomic E-state index is 9.19. The predicted octanol–water partition coefficient (Wildman–Crippen LogP) is 1.79. The SMILES string of the molecule is Cc1nn(C)c(NCC2NCCCC2(C)C)c1C#N. The highest BCUT2D eigenvalue weighted by molar-refractivity contribution is 5.55. The van der Waals surface area contributed by atoms with Crippen molar-refractivity contribution in [3.63, 3.8) is 0 Å². The summed E-state index contributed by atoms with van der Waals surface area (Å²) >= 11 is 0. The number of nitrogens with zero attached hydrogens (tertiary/aromatic N) is 3. The lowest BCUT2D eigenvalue weighted by molar-refractivity contribution is 0.188. The van der Waals surface area contributed by atoms with Crippen molar-refractivity contribution in [2.45, 2.75) is 39.7 Å². The van der Waals surface area contributed by atoms with Crippen LogP contribution in [0.4, 0.5) is 5.82 Å². The molecule has 1 aromatic rings. The van der Waals surface area contributed by atoms with Gasteiger partial charge in [-0.15, -0.1) is 0 Å². The molecule has 0 bridgehead atoms. The maximum Gasteiger partial charge on any atom is 0.142 e. The molecule has 19 heavy (non-hydrogen) atoms. The summed E-state index contributed by atoms with van der Waals surface area (Å²) in [5, 5.41) is 20.4. The number of piperidine rings is 1. The second kappa shape index (κ2) is 5.22. The van der Waals surface area contributed by atoms with Crippen LogP contribution in [-0.4, -0.2) is 28.9 Å². The van der Waals surface area contributed by atoms with E-state index in [1.54, 1.807) is 4.68 Å². The number of rotatable bonds is 3. The molecule has 0 aromatic carbocycles. The quantitative estimate of drug-likeness (QED) is 0.870. The van der Waals surface area contributed by atoms with E-state index in [2.05, 4.69) is 35.6 Å². The summed E-state index contributed by atoms with van der Waals surface area (Å²) in [6.45, 7) is 8.36. The molecular weight excluding hydrogens is 238 g/mol. The van der Waals surface area contributed by atoms with E-state index in [1.165, 1.54) is 12.8 Å². The van der Waals surface area contributed by atoms with Gasteiger partial charge < -0.3 is 10.6 Å². The molecule has 2 rings (SSSR count). The zero-order valence-corrected chi connectivity index (χ0v) is 12.2. The Morgan fingerprint density at radius 1 is 1.58 bits per heavy atom. The van der Waals surface area contributed by atoms with E-state index in [0.29, 0.717) is 11.6 Å². The van der Waals surface area contributed by atoms with Gasteiger partial charge in [0.15, 0.2) is 0 Å². The molecule has 0 aliphatic carbocycles. The van der Waals surface area contributed by atoms with Crippen LogP contribution >= 0.6 is 0 Å². The minimum Gasteiger partial charge on any atom is -0.368 e. The average molecular weight is 261 g/mol. The molecule has 1 fully saturated rings. The molecule has 0 amide bonds. The van der Waals surface area contributed by atoms with Crippen molar-refractivity contribution in [2.75, 3.05) is 18.4 Å². The zero-order chi connectivity index (χ0) is 14.0. The Hall–Kier alpha value is -1.54. The summed E-state index contributed by atoms with van der Waals surface area (Å²) in [7, 11) is 1.87. The third kappa shape index (κ3) is 2.74. The van der Waals surface area contributed by atoms with Gasteiger partial charge in [-0.1, -0.05) is 13.8 Å². The van der Waals surface area contributed by atoms with Crippen LogP contribution < -0.4 is 10.6 Å². The Bertz CT molecular complexity index is 495. The Balaban J connectivity index is 2.09. The van der Waals surface area contributed by atoms with E-state index in [-0.39, 0.29) is 5.41 Å². The van der Waals surface area contributed by atoms with Crippen molar-refractivity contribution in [1.82, 2.24) is 15.1 Å². The first kappa shape index (κ1) is 13.9. The summed E-state index contributed by atoms with van der Waals surface area (Å²) in [5.41, 5.74) is 1.71. The van der Waals surface area contributed by atoms with Gasteiger partial charge in [0.25, 0.3) is 0 Å². The number of anilines is 1. The standard InChI is InChI=1S/C14H23N5/c1-10-11(8-15)13(19(4)18-10)17-9-12-14(2,3)6-5-7-16-12/h12,16-17H,5-7,9H2,1-4H3. The number of aromatic nitrogens is 2. The first-order valence-corrected chi connectivity index (χ1v) is 6.86. The zero-order valence-electron chi connectivity index (χ0n) is 12.2. The highest BCUT2D eigenvalue weighted by Gasteiger charge is 2.32. The lowest BCUT2D eigenvalue weighted by Gasteiger charge is -2.39. The second-order valence-electron chi connectivity index (χ2n) is 6.02. The van der Waals surface area contributed by atoms with Gasteiger partial charge in [-0.3, -0.25) is 4.68 Å². The molecule has 104 valence electrons. The fraction of sp³-hybridized carbons (Fsp3) is 0.714. The molecule has 0 spiro atoms. The molecule has 1 atom stereocenters. The van der Waals surface area contributed by atoms with Crippen molar-refractivity contribution in [1.29, 1.82) is 5.26 Å². The molecule has 5 heteroatoms. The van der Waals surface area contributed by atoms with Crippen LogP contribution in [0.15, 0.2) is 0 Å². The number of hydrogen-bond donors (Lipinski definition) is 2. The van der Waals surface area contributed by atoms with E-state index in [4.69, 9.17) is 0 Å². The number of nitriles is 1. The highest BCUT2D eigenvalue weighted by Crippen LogP contribution is 2.30. The highest BCUT2D eigenvalue weighted by atomic mass is 15.3. The summed E-state index contributed by atoms with van der Waals surface area (Å²) in [5.74, 6) is 0.822. The topological polar surface area (TPSA) is 65.7 Å². The minimum absolute atomic E-state index is 0.283. The Kier molecular flexibility index (Phi) is 3.81. The van der Waals surface area contributed by atoms with Crippen LogP contribution in [0.3, 0.4) is 0 Å². The van der Waals surface area contributed by atoms with Crippen LogP contribution in [0.5, 0.6) is 0 Å². The molecule has 1 unspecified atom stereocenters. The van der Waals surface area contributed by atoms with Gasteiger partial charge in [0.05, 0.1) is 5.69 Å². The van der Waals surface area contributed by atoms with Crippen molar-refractivity contribution in [3.8, 4) is 6.07 Å². The molecule has 1 saturated heterocycles. The maximum absolute atomic E-state index is 9.19. The summed E-state index contributed by atoms with van der Waals surface area (Å²) < 4.78 is 1.75. The molecule has 0 radical (unpaired) electrons. The normalized spacial score (nSPS) is 21.9. The van der Waals surface area contributed by atoms with E-state index in [1.807, 2.05) is 14.0 Å². The number of aryl methyl sites for hydroxylation is 2. The molecule has 0 saturated carbocycles. The van der Waals surface area contributed by atoms with Crippen molar-refractivity contribution >= 4 is 5.82 Å². The number of hydrogen-bond acceptors (Lipinski definition) is 4. The van der Waals surface area contributed by atoms with E-state index >= 15 is 0 Å². The largest absolute Gasteiger partial charge is 0.368 e. The van der Waals surface area contributed by atoms with Crippen LogP contribution in [-0.2, 0) is 7.05 Å². The predicted molar refractivity (Wildman–Crippen MR) is 76.0 cm³/mol. The van der Waals surface area contributed by atoms with Gasteiger partial charge in [-0.2, -0.15) is 10.4 Å². The van der Waals surface area contributed by atoms with Gasteiger partial charge in [0.1, 0.15) is 17.5 Å². The third-order valence-corrected chi connectivity index (χ3v) is 4.14. The van der Waals surface area contributed by atoms with E-state index in [9.17, 15) is 5.26 Å². The summed E-state index contributed by atoms with van der Waals surface area (Å²) in [6.07, 6.45) is 2.47. The monoisotopic (exact) mass is 261 g/mol. The number of nitrogens with one attached hydrogen (secondary N) is 2. The molecule has 1 aliphatic heterocycles. The average Bonchev–Trinajstić information content (AvgIpc) is 2.61. The third-order valence-electron chi connectivity index (χ3n) is 4.14. The fourth-order valence-electron chi connectivity index (χ4n) is 2.81. The molecular formula is C14H23N5. The molecule has 1 aliphatic rings. The smallest absolute Gasteiger partial charge is 0.142 e. The van der Waals surface area contributed by atoms with Crippen molar-refractivity contribution in [3.05, 3.63) is 11.3 Å². The van der Waals surface area contributed by atoms with Crippen LogP contribution in [0.1, 0.15) is 37.9 Å². The van der Waals surface area contributed by atoms with Gasteiger partial charge in [0, 0.05) is 19.6 Å². The van der Waals surface area contributed by atoms with Crippen molar-refractivity contribution in [2.24, 2.45) is 12.5 Å². The summed E-state index contributed by atoms with van der Waals surface area (Å²) in [6, 6.07) is 2.65. The fourth-order valence-corrected chi connectivity index (χ4v) is 2.81. The lowest BCUT2D eigenvalue weighted by Crippen LogP contribution is -2.50. The Labute approximate surface area is 115 Å².